The van der Waals surface area contributed by atoms with Gasteiger partial charge in [0.1, 0.15) is 29.8 Å². The summed E-state index contributed by atoms with van der Waals surface area (Å²) in [6.07, 6.45) is -0.195. The molecule has 15 heteroatoms. The van der Waals surface area contributed by atoms with E-state index in [1.165, 1.54) is 25.3 Å². The van der Waals surface area contributed by atoms with E-state index in [2.05, 4.69) is 21.3 Å². The summed E-state index contributed by atoms with van der Waals surface area (Å²) >= 11 is 0. The van der Waals surface area contributed by atoms with Crippen LogP contribution in [0.2, 0.25) is 0 Å². The first-order valence-corrected chi connectivity index (χ1v) is 11.4. The van der Waals surface area contributed by atoms with Gasteiger partial charge in [-0.1, -0.05) is 6.08 Å². The van der Waals surface area contributed by atoms with Crippen LogP contribution >= 0.6 is 0 Å². The topological polar surface area (TPSA) is 266 Å². The number of amides is 3. The van der Waals surface area contributed by atoms with Gasteiger partial charge in [-0.3, -0.25) is 19.8 Å². The highest BCUT2D eigenvalue weighted by Gasteiger charge is 2.32. The van der Waals surface area contributed by atoms with E-state index in [0.717, 1.165) is 0 Å². The van der Waals surface area contributed by atoms with Crippen molar-refractivity contribution in [2.75, 3.05) is 13.1 Å². The van der Waals surface area contributed by atoms with Crippen molar-refractivity contribution >= 4 is 29.5 Å². The minimum Gasteiger partial charge on any atom is -0.480 e. The molecule has 12 N–H and O–H groups in total. The number of carbonyl (C=O) groups excluding carboxylic acids is 3. The number of hydrogen-bond acceptors (Lipinski definition) is 10. The summed E-state index contributed by atoms with van der Waals surface area (Å²) in [4.78, 5) is 49.0. The molecule has 6 atom stereocenters. The van der Waals surface area contributed by atoms with Crippen LogP contribution in [0.5, 0.6) is 0 Å². The van der Waals surface area contributed by atoms with Crippen molar-refractivity contribution < 1.29 is 38.9 Å². The van der Waals surface area contributed by atoms with E-state index in [-0.39, 0.29) is 31.0 Å². The Kier molecular flexibility index (Phi) is 10.7. The molecule has 0 saturated heterocycles. The Morgan fingerprint density at radius 3 is 2.51 bits per heavy atom. The predicted molar refractivity (Wildman–Crippen MR) is 129 cm³/mol. The Hall–Kier alpha value is -3.79. The van der Waals surface area contributed by atoms with Crippen molar-refractivity contribution in [1.29, 1.82) is 5.41 Å². The maximum absolute atomic E-state index is 12.9. The number of carboxylic acid groups (broad SMARTS) is 1. The summed E-state index contributed by atoms with van der Waals surface area (Å²) in [5, 5.41) is 46.9. The highest BCUT2D eigenvalue weighted by molar-refractivity contribution is 5.91. The smallest absolute Gasteiger partial charge is 0.329 e. The van der Waals surface area contributed by atoms with Gasteiger partial charge in [-0.15, -0.1) is 0 Å². The molecule has 204 valence electrons. The third-order valence-corrected chi connectivity index (χ3v) is 5.65. The van der Waals surface area contributed by atoms with Crippen molar-refractivity contribution in [3.05, 3.63) is 35.8 Å². The molecule has 0 aliphatic carbocycles. The zero-order valence-electron chi connectivity index (χ0n) is 20.1. The summed E-state index contributed by atoms with van der Waals surface area (Å²) in [6, 6.07) is -1.95. The largest absolute Gasteiger partial charge is 0.480 e. The number of aliphatic carboxylic acids is 1. The Labute approximate surface area is 212 Å². The van der Waals surface area contributed by atoms with Crippen molar-refractivity contribution in [1.82, 2.24) is 21.3 Å². The number of rotatable bonds is 14. The molecule has 0 fully saturated rings. The van der Waals surface area contributed by atoms with Gasteiger partial charge in [0.2, 0.25) is 17.7 Å². The number of nitrogens with two attached hydrogens (primary N) is 2. The van der Waals surface area contributed by atoms with E-state index in [0.29, 0.717) is 12.1 Å². The molecule has 0 aromatic carbocycles. The van der Waals surface area contributed by atoms with Crippen LogP contribution in [-0.4, -0.2) is 88.2 Å². The number of carbonyl (C=O) groups is 4. The molecule has 0 radical (unpaired) electrons. The van der Waals surface area contributed by atoms with E-state index in [9.17, 15) is 34.5 Å². The van der Waals surface area contributed by atoms with Gasteiger partial charge in [0.15, 0.2) is 6.04 Å². The monoisotopic (exact) mass is 523 g/mol. The van der Waals surface area contributed by atoms with Gasteiger partial charge in [-0.25, -0.2) is 4.79 Å². The predicted octanol–water partition coefficient (Wildman–Crippen LogP) is -3.19. The summed E-state index contributed by atoms with van der Waals surface area (Å²) in [6.45, 7) is 1.50. The Morgan fingerprint density at radius 2 is 1.95 bits per heavy atom. The average molecular weight is 524 g/mol. The fourth-order valence-electron chi connectivity index (χ4n) is 3.57. The van der Waals surface area contributed by atoms with E-state index in [1.54, 1.807) is 6.08 Å². The number of hydrogen-bond donors (Lipinski definition) is 10. The number of nitrogens with one attached hydrogen (secondary N) is 5. The Balaban J connectivity index is 1.99. The molecule has 2 rings (SSSR count). The first-order chi connectivity index (χ1) is 17.4. The molecule has 6 unspecified atom stereocenters. The summed E-state index contributed by atoms with van der Waals surface area (Å²) < 4.78 is 4.98. The molecule has 15 nitrogen and oxygen atoms in total. The van der Waals surface area contributed by atoms with Crippen LogP contribution in [0.25, 0.3) is 0 Å². The molecule has 37 heavy (non-hydrogen) atoms. The normalized spacial score (nSPS) is 19.0. The van der Waals surface area contributed by atoms with Crippen LogP contribution in [0.1, 0.15) is 31.6 Å². The van der Waals surface area contributed by atoms with Crippen molar-refractivity contribution in [3.63, 3.8) is 0 Å². The number of amidine groups is 1. The minimum absolute atomic E-state index is 0.0238. The van der Waals surface area contributed by atoms with E-state index < -0.39 is 60.1 Å². The quantitative estimate of drug-likeness (QED) is 0.0659. The first kappa shape index (κ1) is 29.4. The van der Waals surface area contributed by atoms with Crippen molar-refractivity contribution in [2.45, 2.75) is 56.1 Å². The molecular weight excluding hydrogens is 490 g/mol. The lowest BCUT2D eigenvalue weighted by Crippen LogP contribution is -2.55. The highest BCUT2D eigenvalue weighted by Crippen LogP contribution is 2.18. The molecule has 0 bridgehead atoms. The standard InChI is InChI=1S/C22H33N7O8/c1-10(30)15(23)21(34)28-12(9-11-4-6-26-16(11)19(24)25)20(33)27-7-5-14(31)29-17(22(35)36)18(32)13-3-2-8-37-13/h2-4,8,10,12,15-18,26,30,32H,5-7,9,23H2,1H3,(H3,24,25)(H,27,33)(H,28,34)(H,29,31)(H,35,36). The lowest BCUT2D eigenvalue weighted by Gasteiger charge is -2.24. The zero-order valence-corrected chi connectivity index (χ0v) is 20.1. The number of carboxylic acids is 1. The third-order valence-electron chi connectivity index (χ3n) is 5.65. The third kappa shape index (κ3) is 8.38. The van der Waals surface area contributed by atoms with Crippen molar-refractivity contribution in [3.8, 4) is 0 Å². The Morgan fingerprint density at radius 1 is 1.24 bits per heavy atom. The maximum atomic E-state index is 12.9. The second-order valence-electron chi connectivity index (χ2n) is 8.49. The van der Waals surface area contributed by atoms with Crippen LogP contribution in [0, 0.1) is 5.41 Å². The molecule has 1 aliphatic heterocycles. The van der Waals surface area contributed by atoms with Crippen LogP contribution in [0.3, 0.4) is 0 Å². The summed E-state index contributed by atoms with van der Waals surface area (Å²) in [5.41, 5.74) is 11.8. The molecule has 1 aromatic rings. The molecule has 2 heterocycles. The van der Waals surface area contributed by atoms with Crippen LogP contribution in [0.4, 0.5) is 0 Å². The SMILES string of the molecule is CC(O)C(N)C(=O)NC(CC1=CCNC1C(=N)N)C(=O)NCCC(=O)NC(C(=O)O)C(O)c1ccco1. The lowest BCUT2D eigenvalue weighted by atomic mass is 9.99. The van der Waals surface area contributed by atoms with Gasteiger partial charge < -0.3 is 52.5 Å². The second-order valence-corrected chi connectivity index (χ2v) is 8.49. The second kappa shape index (κ2) is 13.5. The molecule has 1 aliphatic rings. The molecule has 3 amide bonds. The van der Waals surface area contributed by atoms with Gasteiger partial charge in [-0.2, -0.15) is 0 Å². The maximum Gasteiger partial charge on any atom is 0.329 e. The molecule has 0 saturated carbocycles. The fraction of sp³-hybridized carbons (Fsp3) is 0.500. The molecular formula is C22H33N7O8. The van der Waals surface area contributed by atoms with E-state index >= 15 is 0 Å². The minimum atomic E-state index is -1.69. The van der Waals surface area contributed by atoms with Gasteiger partial charge >= 0.3 is 5.97 Å². The van der Waals surface area contributed by atoms with Crippen LogP contribution in [0.15, 0.2) is 34.5 Å². The van der Waals surface area contributed by atoms with Gasteiger partial charge in [-0.05, 0) is 31.1 Å². The average Bonchev–Trinajstić information content (AvgIpc) is 3.53. The number of aliphatic hydroxyl groups is 2. The van der Waals surface area contributed by atoms with E-state index in [4.69, 9.17) is 21.3 Å². The fourth-order valence-corrected chi connectivity index (χ4v) is 3.57. The number of aliphatic hydroxyl groups excluding tert-OH is 2. The molecule has 0 spiro atoms. The molecule has 1 aromatic heterocycles. The Bertz CT molecular complexity index is 1010. The van der Waals surface area contributed by atoms with Crippen LogP contribution in [-0.2, 0) is 19.2 Å². The van der Waals surface area contributed by atoms with Crippen LogP contribution < -0.4 is 32.7 Å². The van der Waals surface area contributed by atoms with Crippen molar-refractivity contribution in [2.24, 2.45) is 11.5 Å². The summed E-state index contributed by atoms with van der Waals surface area (Å²) in [7, 11) is 0. The lowest BCUT2D eigenvalue weighted by molar-refractivity contribution is -0.145. The van der Waals surface area contributed by atoms with E-state index in [1.807, 2.05) is 0 Å². The zero-order chi connectivity index (χ0) is 27.7. The summed E-state index contributed by atoms with van der Waals surface area (Å²) in [5.74, 6) is -3.94. The first-order valence-electron chi connectivity index (χ1n) is 11.4. The number of furan rings is 1. The van der Waals surface area contributed by atoms with Gasteiger partial charge in [0.05, 0.1) is 18.4 Å². The highest BCUT2D eigenvalue weighted by atomic mass is 16.4. The van der Waals surface area contributed by atoms with Gasteiger partial charge in [0, 0.05) is 19.5 Å². The van der Waals surface area contributed by atoms with Gasteiger partial charge in [0.25, 0.3) is 0 Å².